The first-order chi connectivity index (χ1) is 9.49. The number of rotatable bonds is 4. The molecule has 2 nitrogen and oxygen atoms in total. The molecule has 2 N–H and O–H groups in total. The molecule has 0 amide bonds. The van der Waals surface area contributed by atoms with E-state index in [0.717, 1.165) is 11.1 Å². The molecule has 0 unspecified atom stereocenters. The molecule has 0 saturated carbocycles. The van der Waals surface area contributed by atoms with E-state index < -0.39 is 0 Å². The summed E-state index contributed by atoms with van der Waals surface area (Å²) in [4.78, 5) is 1.75. The zero-order chi connectivity index (χ0) is 14.7. The van der Waals surface area contributed by atoms with Crippen LogP contribution in [0.1, 0.15) is 24.1 Å². The Labute approximate surface area is 117 Å². The molecule has 0 aromatic heterocycles. The van der Waals surface area contributed by atoms with Crippen molar-refractivity contribution in [1.82, 2.24) is 0 Å². The maximum Gasteiger partial charge on any atom is 0.146 e. The second-order valence-electron chi connectivity index (χ2n) is 4.95. The number of halogens is 2. The van der Waals surface area contributed by atoms with Crippen LogP contribution in [0.15, 0.2) is 42.5 Å². The zero-order valence-electron chi connectivity index (χ0n) is 11.6. The van der Waals surface area contributed by atoms with Crippen LogP contribution in [0.25, 0.3) is 0 Å². The summed E-state index contributed by atoms with van der Waals surface area (Å²) in [5, 5.41) is 0. The van der Waals surface area contributed by atoms with Crippen molar-refractivity contribution < 1.29 is 8.78 Å². The van der Waals surface area contributed by atoms with Gasteiger partial charge in [0, 0.05) is 19.6 Å². The van der Waals surface area contributed by atoms with Crippen molar-refractivity contribution in [2.75, 3.05) is 11.9 Å². The molecule has 0 heterocycles. The fraction of sp³-hybridized carbons (Fsp3) is 0.250. The Hall–Kier alpha value is -1.94. The average molecular weight is 276 g/mol. The average Bonchev–Trinajstić information content (AvgIpc) is 2.38. The van der Waals surface area contributed by atoms with Gasteiger partial charge >= 0.3 is 0 Å². The minimum absolute atomic E-state index is 0.268. The number of anilines is 1. The highest BCUT2D eigenvalue weighted by atomic mass is 19.1. The number of hydrogen-bond acceptors (Lipinski definition) is 2. The molecule has 0 bridgehead atoms. The molecular weight excluding hydrogens is 258 g/mol. The Balaban J connectivity index is 2.31. The molecule has 0 fully saturated rings. The molecule has 0 spiro atoms. The van der Waals surface area contributed by atoms with Gasteiger partial charge in [-0.05, 0) is 36.2 Å². The lowest BCUT2D eigenvalue weighted by Gasteiger charge is -2.24. The lowest BCUT2D eigenvalue weighted by atomic mass is 10.0. The Bertz CT molecular complexity index is 597. The normalized spacial score (nSPS) is 12.2. The molecular formula is C16H18F2N2. The number of nitrogens with zero attached hydrogens (tertiary/aromatic N) is 1. The topological polar surface area (TPSA) is 29.3 Å². The van der Waals surface area contributed by atoms with Gasteiger partial charge in [-0.2, -0.15) is 0 Å². The van der Waals surface area contributed by atoms with Crippen LogP contribution in [0.2, 0.25) is 0 Å². The summed E-state index contributed by atoms with van der Waals surface area (Å²) in [6.45, 7) is 2.23. The van der Waals surface area contributed by atoms with E-state index in [2.05, 4.69) is 0 Å². The standard InChI is InChI=1S/C16H18F2N2/c1-11(19)14-7-4-8-15(18)16(14)20(2)10-12-5-3-6-13(17)9-12/h3-9,11H,10,19H2,1-2H3/t11-/m0/s1. The highest BCUT2D eigenvalue weighted by molar-refractivity contribution is 5.55. The minimum atomic E-state index is -0.321. The first-order valence-corrected chi connectivity index (χ1v) is 6.48. The van der Waals surface area contributed by atoms with E-state index in [1.165, 1.54) is 18.2 Å². The molecule has 20 heavy (non-hydrogen) atoms. The van der Waals surface area contributed by atoms with Crippen molar-refractivity contribution in [3.63, 3.8) is 0 Å². The summed E-state index contributed by atoms with van der Waals surface area (Å²) in [7, 11) is 1.77. The van der Waals surface area contributed by atoms with Gasteiger partial charge in [0.1, 0.15) is 11.6 Å². The summed E-state index contributed by atoms with van der Waals surface area (Å²) in [6, 6.07) is 10.9. The van der Waals surface area contributed by atoms with Crippen molar-refractivity contribution in [1.29, 1.82) is 0 Å². The lowest BCUT2D eigenvalue weighted by Crippen LogP contribution is -2.21. The quantitative estimate of drug-likeness (QED) is 0.924. The second kappa shape index (κ2) is 6.01. The van der Waals surface area contributed by atoms with Gasteiger partial charge in [-0.15, -0.1) is 0 Å². The van der Waals surface area contributed by atoms with Crippen LogP contribution in [-0.4, -0.2) is 7.05 Å². The van der Waals surface area contributed by atoms with Crippen LogP contribution < -0.4 is 10.6 Å². The highest BCUT2D eigenvalue weighted by Gasteiger charge is 2.15. The molecule has 0 aliphatic rings. The number of para-hydroxylation sites is 1. The second-order valence-corrected chi connectivity index (χ2v) is 4.95. The molecule has 2 rings (SSSR count). The Morgan fingerprint density at radius 1 is 1.15 bits per heavy atom. The summed E-state index contributed by atoms with van der Waals surface area (Å²) in [5.74, 6) is -0.615. The zero-order valence-corrected chi connectivity index (χ0v) is 11.6. The third-order valence-electron chi connectivity index (χ3n) is 3.20. The molecule has 0 aliphatic carbocycles. The van der Waals surface area contributed by atoms with Crippen molar-refractivity contribution in [2.45, 2.75) is 19.5 Å². The fourth-order valence-electron chi connectivity index (χ4n) is 2.29. The summed E-state index contributed by atoms with van der Waals surface area (Å²) >= 11 is 0. The molecule has 0 aliphatic heterocycles. The Kier molecular flexibility index (Phi) is 4.35. The van der Waals surface area contributed by atoms with E-state index in [-0.39, 0.29) is 17.7 Å². The van der Waals surface area contributed by atoms with Gasteiger partial charge < -0.3 is 10.6 Å². The third kappa shape index (κ3) is 3.14. The van der Waals surface area contributed by atoms with Crippen LogP contribution >= 0.6 is 0 Å². The van der Waals surface area contributed by atoms with E-state index >= 15 is 0 Å². The van der Waals surface area contributed by atoms with Crippen molar-refractivity contribution in [3.8, 4) is 0 Å². The van der Waals surface area contributed by atoms with Crippen LogP contribution in [0.4, 0.5) is 14.5 Å². The minimum Gasteiger partial charge on any atom is -0.368 e. The van der Waals surface area contributed by atoms with Gasteiger partial charge in [0.15, 0.2) is 0 Å². The van der Waals surface area contributed by atoms with Crippen molar-refractivity contribution in [2.24, 2.45) is 5.73 Å². The Morgan fingerprint density at radius 3 is 2.50 bits per heavy atom. The summed E-state index contributed by atoms with van der Waals surface area (Å²) in [6.07, 6.45) is 0. The van der Waals surface area contributed by atoms with Crippen LogP contribution in [0, 0.1) is 11.6 Å². The van der Waals surface area contributed by atoms with Crippen molar-refractivity contribution >= 4 is 5.69 Å². The number of benzene rings is 2. The molecule has 106 valence electrons. The van der Waals surface area contributed by atoms with Crippen LogP contribution in [-0.2, 0) is 6.54 Å². The third-order valence-corrected chi connectivity index (χ3v) is 3.20. The van der Waals surface area contributed by atoms with E-state index in [0.29, 0.717) is 12.2 Å². The molecule has 4 heteroatoms. The number of hydrogen-bond donors (Lipinski definition) is 1. The predicted molar refractivity (Wildman–Crippen MR) is 77.5 cm³/mol. The summed E-state index contributed by atoms with van der Waals surface area (Å²) < 4.78 is 27.3. The van der Waals surface area contributed by atoms with E-state index in [4.69, 9.17) is 5.73 Å². The number of nitrogens with two attached hydrogens (primary N) is 1. The lowest BCUT2D eigenvalue weighted by molar-refractivity contribution is 0.614. The SMILES string of the molecule is C[C@H](N)c1cccc(F)c1N(C)Cc1cccc(F)c1. The van der Waals surface area contributed by atoms with Gasteiger partial charge in [0.25, 0.3) is 0 Å². The van der Waals surface area contributed by atoms with Gasteiger partial charge in [-0.1, -0.05) is 24.3 Å². The van der Waals surface area contributed by atoms with Crippen molar-refractivity contribution in [3.05, 3.63) is 65.2 Å². The first-order valence-electron chi connectivity index (χ1n) is 6.48. The molecule has 0 saturated heterocycles. The Morgan fingerprint density at radius 2 is 1.85 bits per heavy atom. The van der Waals surface area contributed by atoms with E-state index in [1.54, 1.807) is 24.1 Å². The van der Waals surface area contributed by atoms with Crippen LogP contribution in [0.5, 0.6) is 0 Å². The van der Waals surface area contributed by atoms with Gasteiger partial charge in [-0.25, -0.2) is 8.78 Å². The molecule has 1 atom stereocenters. The first kappa shape index (κ1) is 14.5. The molecule has 2 aromatic rings. The molecule has 0 radical (unpaired) electrons. The maximum absolute atomic E-state index is 14.1. The fourth-order valence-corrected chi connectivity index (χ4v) is 2.29. The van der Waals surface area contributed by atoms with Gasteiger partial charge in [0.2, 0.25) is 0 Å². The monoisotopic (exact) mass is 276 g/mol. The van der Waals surface area contributed by atoms with Gasteiger partial charge in [0.05, 0.1) is 5.69 Å². The van der Waals surface area contributed by atoms with E-state index in [9.17, 15) is 8.78 Å². The maximum atomic E-state index is 14.1. The van der Waals surface area contributed by atoms with E-state index in [1.807, 2.05) is 19.1 Å². The largest absolute Gasteiger partial charge is 0.368 e. The van der Waals surface area contributed by atoms with Crippen LogP contribution in [0.3, 0.4) is 0 Å². The predicted octanol–water partition coefficient (Wildman–Crippen LogP) is 3.62. The summed E-state index contributed by atoms with van der Waals surface area (Å²) in [5.41, 5.74) is 7.87. The molecule has 2 aromatic carbocycles. The highest BCUT2D eigenvalue weighted by Crippen LogP contribution is 2.28. The van der Waals surface area contributed by atoms with Gasteiger partial charge in [-0.3, -0.25) is 0 Å². The smallest absolute Gasteiger partial charge is 0.146 e.